The van der Waals surface area contributed by atoms with Gasteiger partial charge in [-0.2, -0.15) is 0 Å². The zero-order valence-corrected chi connectivity index (χ0v) is 11.1. The van der Waals surface area contributed by atoms with Gasteiger partial charge in [-0.15, -0.1) is 0 Å². The van der Waals surface area contributed by atoms with Crippen LogP contribution in [0.3, 0.4) is 0 Å². The van der Waals surface area contributed by atoms with Crippen molar-refractivity contribution in [2.75, 3.05) is 14.2 Å². The molecular weight excluding hydrogens is 200 g/mol. The van der Waals surface area contributed by atoms with E-state index in [2.05, 4.69) is 6.92 Å². The van der Waals surface area contributed by atoms with Gasteiger partial charge >= 0.3 is 0 Å². The van der Waals surface area contributed by atoms with Gasteiger partial charge in [0.05, 0.1) is 0 Å². The van der Waals surface area contributed by atoms with E-state index in [-0.39, 0.29) is 5.79 Å². The maximum absolute atomic E-state index is 5.61. The number of methoxy groups -OCH3 is 2. The Bertz CT molecular complexity index is 227. The van der Waals surface area contributed by atoms with Crippen LogP contribution >= 0.6 is 0 Å². The Morgan fingerprint density at radius 3 is 2.12 bits per heavy atom. The third-order valence-electron chi connectivity index (χ3n) is 5.16. The van der Waals surface area contributed by atoms with E-state index in [0.29, 0.717) is 11.3 Å². The van der Waals surface area contributed by atoms with Gasteiger partial charge in [0.25, 0.3) is 0 Å². The van der Waals surface area contributed by atoms with Crippen molar-refractivity contribution in [1.82, 2.24) is 0 Å². The lowest BCUT2D eigenvalue weighted by atomic mass is 9.66. The van der Waals surface area contributed by atoms with Gasteiger partial charge in [-0.3, -0.25) is 0 Å². The second-order valence-corrected chi connectivity index (χ2v) is 5.92. The molecule has 16 heavy (non-hydrogen) atoms. The van der Waals surface area contributed by atoms with Crippen molar-refractivity contribution in [3.8, 4) is 0 Å². The van der Waals surface area contributed by atoms with Crippen LogP contribution in [0.5, 0.6) is 0 Å². The van der Waals surface area contributed by atoms with E-state index in [1.165, 1.54) is 51.4 Å². The fourth-order valence-electron chi connectivity index (χ4n) is 3.89. The number of hydrogen-bond donors (Lipinski definition) is 0. The predicted molar refractivity (Wildman–Crippen MR) is 65.3 cm³/mol. The largest absolute Gasteiger partial charge is 0.353 e. The molecule has 0 heterocycles. The standard InChI is InChI=1S/C14H26O2/c1-13(15-2,16-3)12-7-6-10-14(11-12)8-4-5-9-14/h12H,4-11H2,1-3H3. The van der Waals surface area contributed by atoms with Gasteiger partial charge in [-0.25, -0.2) is 0 Å². The van der Waals surface area contributed by atoms with Gasteiger partial charge in [0.15, 0.2) is 5.79 Å². The normalized spacial score (nSPS) is 29.8. The molecule has 94 valence electrons. The van der Waals surface area contributed by atoms with E-state index >= 15 is 0 Å². The predicted octanol–water partition coefficient (Wildman–Crippen LogP) is 3.75. The van der Waals surface area contributed by atoms with Gasteiger partial charge in [-0.05, 0) is 44.4 Å². The summed E-state index contributed by atoms with van der Waals surface area (Å²) in [6.45, 7) is 2.10. The van der Waals surface area contributed by atoms with E-state index < -0.39 is 0 Å². The summed E-state index contributed by atoms with van der Waals surface area (Å²) < 4.78 is 11.2. The zero-order chi connectivity index (χ0) is 11.6. The fraction of sp³-hybridized carbons (Fsp3) is 1.00. The summed E-state index contributed by atoms with van der Waals surface area (Å²) in [6, 6.07) is 0. The smallest absolute Gasteiger partial charge is 0.167 e. The Morgan fingerprint density at radius 1 is 1.00 bits per heavy atom. The molecule has 2 nitrogen and oxygen atoms in total. The highest BCUT2D eigenvalue weighted by Crippen LogP contribution is 2.53. The summed E-state index contributed by atoms with van der Waals surface area (Å²) in [7, 11) is 3.55. The van der Waals surface area contributed by atoms with Crippen LogP contribution in [0.4, 0.5) is 0 Å². The molecule has 0 radical (unpaired) electrons. The molecule has 0 N–H and O–H groups in total. The highest BCUT2D eigenvalue weighted by atomic mass is 16.7. The maximum atomic E-state index is 5.61. The lowest BCUT2D eigenvalue weighted by Gasteiger charge is -2.44. The van der Waals surface area contributed by atoms with Crippen molar-refractivity contribution >= 4 is 0 Å². The summed E-state index contributed by atoms with van der Waals surface area (Å²) in [5.41, 5.74) is 0.640. The molecular formula is C14H26O2. The molecule has 0 aliphatic heterocycles. The van der Waals surface area contributed by atoms with E-state index in [9.17, 15) is 0 Å². The molecule has 1 spiro atoms. The van der Waals surface area contributed by atoms with Gasteiger partial charge in [0.1, 0.15) is 0 Å². The Balaban J connectivity index is 2.06. The summed E-state index contributed by atoms with van der Waals surface area (Å²) in [4.78, 5) is 0. The summed E-state index contributed by atoms with van der Waals surface area (Å²) >= 11 is 0. The SMILES string of the molecule is COC(C)(OC)C1CCCC2(CCCC2)C1. The second kappa shape index (κ2) is 4.66. The first-order valence-electron chi connectivity index (χ1n) is 6.74. The molecule has 0 saturated heterocycles. The molecule has 1 unspecified atom stereocenters. The minimum atomic E-state index is -0.365. The lowest BCUT2D eigenvalue weighted by Crippen LogP contribution is -2.43. The zero-order valence-electron chi connectivity index (χ0n) is 11.1. The Morgan fingerprint density at radius 2 is 1.56 bits per heavy atom. The first-order chi connectivity index (χ1) is 7.64. The van der Waals surface area contributed by atoms with Gasteiger partial charge < -0.3 is 9.47 Å². The van der Waals surface area contributed by atoms with Crippen LogP contribution in [0, 0.1) is 11.3 Å². The van der Waals surface area contributed by atoms with Crippen LogP contribution in [-0.2, 0) is 9.47 Å². The number of rotatable bonds is 3. The van der Waals surface area contributed by atoms with Gasteiger partial charge in [0, 0.05) is 20.1 Å². The molecule has 0 aromatic rings. The van der Waals surface area contributed by atoms with Crippen molar-refractivity contribution in [2.45, 2.75) is 64.1 Å². The first kappa shape index (κ1) is 12.4. The second-order valence-electron chi connectivity index (χ2n) is 5.92. The van der Waals surface area contributed by atoms with E-state index in [1.54, 1.807) is 14.2 Å². The lowest BCUT2D eigenvalue weighted by molar-refractivity contribution is -0.238. The Kier molecular flexibility index (Phi) is 3.60. The Hall–Kier alpha value is -0.0800. The van der Waals surface area contributed by atoms with Crippen LogP contribution in [0.15, 0.2) is 0 Å². The highest BCUT2D eigenvalue weighted by Gasteiger charge is 2.45. The molecule has 2 rings (SSSR count). The van der Waals surface area contributed by atoms with Gasteiger partial charge in [0.2, 0.25) is 0 Å². The van der Waals surface area contributed by atoms with E-state index in [0.717, 1.165) is 0 Å². The molecule has 2 saturated carbocycles. The van der Waals surface area contributed by atoms with Crippen molar-refractivity contribution in [2.24, 2.45) is 11.3 Å². The minimum Gasteiger partial charge on any atom is -0.353 e. The summed E-state index contributed by atoms with van der Waals surface area (Å²) in [5.74, 6) is 0.213. The van der Waals surface area contributed by atoms with Crippen molar-refractivity contribution in [1.29, 1.82) is 0 Å². The molecule has 2 fully saturated rings. The fourth-order valence-corrected chi connectivity index (χ4v) is 3.89. The van der Waals surface area contributed by atoms with E-state index in [4.69, 9.17) is 9.47 Å². The molecule has 0 aromatic heterocycles. The summed E-state index contributed by atoms with van der Waals surface area (Å²) in [5, 5.41) is 0. The molecule has 0 amide bonds. The third-order valence-corrected chi connectivity index (χ3v) is 5.16. The van der Waals surface area contributed by atoms with Crippen LogP contribution in [0.2, 0.25) is 0 Å². The highest BCUT2D eigenvalue weighted by molar-refractivity contribution is 4.93. The Labute approximate surface area is 99.7 Å². The van der Waals surface area contributed by atoms with Crippen molar-refractivity contribution in [3.05, 3.63) is 0 Å². The quantitative estimate of drug-likeness (QED) is 0.682. The molecule has 0 aromatic carbocycles. The maximum Gasteiger partial charge on any atom is 0.167 e. The van der Waals surface area contributed by atoms with Crippen LogP contribution in [0.1, 0.15) is 58.3 Å². The molecule has 1 atom stereocenters. The van der Waals surface area contributed by atoms with Crippen molar-refractivity contribution in [3.63, 3.8) is 0 Å². The third kappa shape index (κ3) is 2.14. The summed E-state index contributed by atoms with van der Waals surface area (Å²) in [6.07, 6.45) is 11.1. The molecule has 2 heteroatoms. The number of ether oxygens (including phenoxy) is 2. The topological polar surface area (TPSA) is 18.5 Å². The minimum absolute atomic E-state index is 0.365. The van der Waals surface area contributed by atoms with Crippen LogP contribution in [-0.4, -0.2) is 20.0 Å². The molecule has 2 aliphatic carbocycles. The average Bonchev–Trinajstić information content (AvgIpc) is 2.76. The number of hydrogen-bond acceptors (Lipinski definition) is 2. The van der Waals surface area contributed by atoms with E-state index in [1.807, 2.05) is 0 Å². The molecule has 0 bridgehead atoms. The van der Waals surface area contributed by atoms with Crippen LogP contribution < -0.4 is 0 Å². The average molecular weight is 226 g/mol. The first-order valence-corrected chi connectivity index (χ1v) is 6.74. The van der Waals surface area contributed by atoms with Gasteiger partial charge in [-0.1, -0.05) is 19.3 Å². The van der Waals surface area contributed by atoms with Crippen molar-refractivity contribution < 1.29 is 9.47 Å². The molecule has 2 aliphatic rings. The van der Waals surface area contributed by atoms with Crippen LogP contribution in [0.25, 0.3) is 0 Å². The monoisotopic (exact) mass is 226 g/mol.